The van der Waals surface area contributed by atoms with Gasteiger partial charge in [0.2, 0.25) is 0 Å². The minimum absolute atomic E-state index is 0. The molecule has 21 heavy (non-hydrogen) atoms. The molecule has 6 heteroatoms. The molecule has 2 aromatic rings. The van der Waals surface area contributed by atoms with Crippen LogP contribution in [-0.4, -0.2) is 39.5 Å². The van der Waals surface area contributed by atoms with Crippen molar-refractivity contribution in [1.29, 1.82) is 0 Å². The van der Waals surface area contributed by atoms with E-state index in [-0.39, 0.29) is 35.6 Å². The Morgan fingerprint density at radius 3 is 1.76 bits per heavy atom. The van der Waals surface area contributed by atoms with Gasteiger partial charge in [-0.15, -0.1) is 0 Å². The number of hydrogen-bond acceptors (Lipinski definition) is 4. The quantitative estimate of drug-likeness (QED) is 0.666. The summed E-state index contributed by atoms with van der Waals surface area (Å²) in [7, 11) is 0. The standard InChI is InChI=1S/C15H15NO2S2.Mg.2H/c17-15(16(19)20)18-11-14(12-7-3-1-4-8-12)13-9-5-2-6-10-13;;;/h1-10,14,19-20H,11H2;;;. The lowest BCUT2D eigenvalue weighted by atomic mass is 9.92. The van der Waals surface area contributed by atoms with E-state index in [4.69, 9.17) is 4.74 Å². The predicted octanol–water partition coefficient (Wildman–Crippen LogP) is 3.03. The van der Waals surface area contributed by atoms with E-state index in [1.165, 1.54) is 0 Å². The molecule has 0 atom stereocenters. The number of thiol groups is 2. The van der Waals surface area contributed by atoms with Crippen LogP contribution in [0.2, 0.25) is 0 Å². The maximum atomic E-state index is 11.5. The Kier molecular flexibility index (Phi) is 8.02. The van der Waals surface area contributed by atoms with E-state index in [0.29, 0.717) is 0 Å². The van der Waals surface area contributed by atoms with Gasteiger partial charge in [-0.1, -0.05) is 60.7 Å². The summed E-state index contributed by atoms with van der Waals surface area (Å²) in [6.07, 6.45) is -0.589. The first-order valence-electron chi connectivity index (χ1n) is 6.13. The Morgan fingerprint density at radius 1 is 0.952 bits per heavy atom. The SMILES string of the molecule is O=C(OCC(c1ccccc1)c1ccccc1)N(S)S.[MgH2]. The van der Waals surface area contributed by atoms with Gasteiger partial charge in [0, 0.05) is 5.92 Å². The summed E-state index contributed by atoms with van der Waals surface area (Å²) in [5, 5.41) is 0. The zero-order valence-corrected chi connectivity index (χ0v) is 12.5. The number of benzene rings is 2. The Morgan fingerprint density at radius 2 is 1.38 bits per heavy atom. The summed E-state index contributed by atoms with van der Waals surface area (Å²) in [5.41, 5.74) is 2.19. The summed E-state index contributed by atoms with van der Waals surface area (Å²) in [4.78, 5) is 11.5. The van der Waals surface area contributed by atoms with E-state index >= 15 is 0 Å². The molecule has 0 aliphatic rings. The number of carbonyl (C=O) groups excluding carboxylic acids is 1. The molecule has 0 saturated carbocycles. The fourth-order valence-electron chi connectivity index (χ4n) is 1.97. The van der Waals surface area contributed by atoms with Crippen molar-refractivity contribution >= 4 is 54.8 Å². The summed E-state index contributed by atoms with van der Waals surface area (Å²) in [6, 6.07) is 19.9. The molecular formula is C15H17MgNO2S2. The monoisotopic (exact) mass is 331 g/mol. The van der Waals surface area contributed by atoms with Crippen LogP contribution in [0.1, 0.15) is 17.0 Å². The molecule has 0 N–H and O–H groups in total. The third kappa shape index (κ3) is 5.46. The fourth-order valence-corrected chi connectivity index (χ4v) is 2.08. The van der Waals surface area contributed by atoms with Crippen LogP contribution >= 0.6 is 25.6 Å². The molecule has 3 nitrogen and oxygen atoms in total. The van der Waals surface area contributed by atoms with Gasteiger partial charge in [0.1, 0.15) is 6.61 Å². The number of carbonyl (C=O) groups is 1. The molecular weight excluding hydrogens is 315 g/mol. The van der Waals surface area contributed by atoms with E-state index in [9.17, 15) is 4.79 Å². The summed E-state index contributed by atoms with van der Waals surface area (Å²) >= 11 is 7.59. The number of nitrogens with zero attached hydrogens (tertiary/aromatic N) is 1. The lowest BCUT2D eigenvalue weighted by Gasteiger charge is -2.19. The molecule has 0 heterocycles. The summed E-state index contributed by atoms with van der Waals surface area (Å²) < 4.78 is 6.04. The summed E-state index contributed by atoms with van der Waals surface area (Å²) in [6.45, 7) is 0.241. The Labute approximate surface area is 151 Å². The maximum Gasteiger partial charge on any atom is 0.429 e. The molecule has 0 fully saturated rings. The van der Waals surface area contributed by atoms with Crippen molar-refractivity contribution in [3.63, 3.8) is 0 Å². The first-order valence-corrected chi connectivity index (χ1v) is 6.93. The van der Waals surface area contributed by atoms with Gasteiger partial charge < -0.3 is 4.74 Å². The highest BCUT2D eigenvalue weighted by Gasteiger charge is 2.17. The first kappa shape index (κ1) is 18.2. The lowest BCUT2D eigenvalue weighted by Crippen LogP contribution is -2.18. The number of hydrogen-bond donors (Lipinski definition) is 2. The van der Waals surface area contributed by atoms with Crippen molar-refractivity contribution in [1.82, 2.24) is 3.71 Å². The van der Waals surface area contributed by atoms with Crippen LogP contribution in [0.25, 0.3) is 0 Å². The highest BCUT2D eigenvalue weighted by Crippen LogP contribution is 2.25. The minimum Gasteiger partial charge on any atom is -0.447 e. The van der Waals surface area contributed by atoms with Crippen LogP contribution in [0, 0.1) is 0 Å². The molecule has 0 spiro atoms. The molecule has 108 valence electrons. The second-order valence-electron chi connectivity index (χ2n) is 4.24. The Bertz CT molecular complexity index is 513. The largest absolute Gasteiger partial charge is 0.447 e. The highest BCUT2D eigenvalue weighted by atomic mass is 32.2. The van der Waals surface area contributed by atoms with Gasteiger partial charge in [-0.25, -0.2) is 4.79 Å². The molecule has 0 aromatic heterocycles. The molecule has 0 bridgehead atoms. The van der Waals surface area contributed by atoms with Gasteiger partial charge >= 0.3 is 29.1 Å². The van der Waals surface area contributed by atoms with Crippen molar-refractivity contribution in [2.45, 2.75) is 5.92 Å². The Hall–Kier alpha value is -0.824. The second kappa shape index (κ2) is 9.25. The topological polar surface area (TPSA) is 29.5 Å². The van der Waals surface area contributed by atoms with Gasteiger partial charge in [0.15, 0.2) is 0 Å². The molecule has 0 aliphatic heterocycles. The van der Waals surface area contributed by atoms with Gasteiger partial charge in [-0.3, -0.25) is 0 Å². The van der Waals surface area contributed by atoms with Gasteiger partial charge in [-0.2, -0.15) is 3.71 Å². The van der Waals surface area contributed by atoms with Crippen LogP contribution in [0.4, 0.5) is 4.79 Å². The van der Waals surface area contributed by atoms with Crippen LogP contribution in [-0.2, 0) is 4.74 Å². The molecule has 1 amide bonds. The maximum absolute atomic E-state index is 11.5. The highest BCUT2D eigenvalue weighted by molar-refractivity contribution is 7.94. The zero-order chi connectivity index (χ0) is 14.4. The average molecular weight is 332 g/mol. The van der Waals surface area contributed by atoms with Crippen LogP contribution in [0.15, 0.2) is 60.7 Å². The van der Waals surface area contributed by atoms with Crippen LogP contribution in [0.5, 0.6) is 0 Å². The Balaban J connectivity index is 0.00000220. The van der Waals surface area contributed by atoms with Gasteiger partial charge in [0.05, 0.1) is 0 Å². The molecule has 2 aromatic carbocycles. The molecule has 0 saturated heterocycles. The number of amides is 1. The minimum atomic E-state index is -0.589. The van der Waals surface area contributed by atoms with E-state index in [0.717, 1.165) is 14.8 Å². The zero-order valence-electron chi connectivity index (χ0n) is 10.7. The average Bonchev–Trinajstić information content (AvgIpc) is 2.49. The van der Waals surface area contributed by atoms with Crippen LogP contribution in [0.3, 0.4) is 0 Å². The summed E-state index contributed by atoms with van der Waals surface area (Å²) in [5.74, 6) is -0.0111. The molecule has 0 aliphatic carbocycles. The van der Waals surface area contributed by atoms with Crippen molar-refractivity contribution in [3.05, 3.63) is 71.8 Å². The van der Waals surface area contributed by atoms with E-state index in [2.05, 4.69) is 25.6 Å². The number of ether oxygens (including phenoxy) is 1. The van der Waals surface area contributed by atoms with Crippen LogP contribution < -0.4 is 0 Å². The third-order valence-corrected chi connectivity index (χ3v) is 3.27. The molecule has 0 unspecified atom stereocenters. The van der Waals surface area contributed by atoms with E-state index in [1.807, 2.05) is 60.7 Å². The van der Waals surface area contributed by atoms with Crippen molar-refractivity contribution in [2.75, 3.05) is 6.61 Å². The second-order valence-corrected chi connectivity index (χ2v) is 5.36. The molecule has 2 rings (SSSR count). The third-order valence-electron chi connectivity index (χ3n) is 2.94. The van der Waals surface area contributed by atoms with Crippen molar-refractivity contribution in [2.24, 2.45) is 0 Å². The van der Waals surface area contributed by atoms with Gasteiger partial charge in [-0.05, 0) is 36.8 Å². The predicted molar refractivity (Wildman–Crippen MR) is 94.4 cm³/mol. The normalized spacial score (nSPS) is 9.86. The van der Waals surface area contributed by atoms with E-state index in [1.54, 1.807) is 0 Å². The lowest BCUT2D eigenvalue weighted by molar-refractivity contribution is 0.139. The number of rotatable bonds is 4. The molecule has 0 radical (unpaired) electrons. The van der Waals surface area contributed by atoms with Gasteiger partial charge in [0.25, 0.3) is 0 Å². The smallest absolute Gasteiger partial charge is 0.429 e. The van der Waals surface area contributed by atoms with E-state index < -0.39 is 6.09 Å². The fraction of sp³-hybridized carbons (Fsp3) is 0.133. The van der Waals surface area contributed by atoms with Crippen molar-refractivity contribution < 1.29 is 9.53 Å². The van der Waals surface area contributed by atoms with Crippen molar-refractivity contribution in [3.8, 4) is 0 Å². The first-order chi connectivity index (χ1) is 9.68.